The summed E-state index contributed by atoms with van der Waals surface area (Å²) in [4.78, 5) is 15.6. The number of hydrogen-bond acceptors (Lipinski definition) is 2. The number of nitrogens with two attached hydrogens (primary N) is 1. The number of guanidine groups is 1. The summed E-state index contributed by atoms with van der Waals surface area (Å²) < 4.78 is 0. The summed E-state index contributed by atoms with van der Waals surface area (Å²) in [6, 6.07) is 0. The summed E-state index contributed by atoms with van der Waals surface area (Å²) in [5, 5.41) is 5.93. The van der Waals surface area contributed by atoms with Gasteiger partial charge in [0.2, 0.25) is 5.91 Å². The van der Waals surface area contributed by atoms with Gasteiger partial charge in [-0.25, -0.2) is 0 Å². The Labute approximate surface area is 110 Å². The fraction of sp³-hybridized carbons (Fsp3) is 0.846. The lowest BCUT2D eigenvalue weighted by molar-refractivity contribution is -0.123. The average Bonchev–Trinajstić information content (AvgIpc) is 2.26. The normalized spacial score (nSPS) is 16.5. The van der Waals surface area contributed by atoms with Crippen LogP contribution in [0.4, 0.5) is 0 Å². The highest BCUT2D eigenvalue weighted by Gasteiger charge is 2.16. The quantitative estimate of drug-likeness (QED) is 0.358. The zero-order chi connectivity index (χ0) is 13.4. The molecule has 0 saturated heterocycles. The van der Waals surface area contributed by atoms with Crippen molar-refractivity contribution < 1.29 is 4.79 Å². The molecule has 1 aliphatic rings. The molecule has 1 aliphatic carbocycles. The molecule has 18 heavy (non-hydrogen) atoms. The summed E-state index contributed by atoms with van der Waals surface area (Å²) in [5.41, 5.74) is 5.74. The van der Waals surface area contributed by atoms with Gasteiger partial charge < -0.3 is 16.4 Å². The van der Waals surface area contributed by atoms with Crippen LogP contribution in [-0.2, 0) is 4.79 Å². The van der Waals surface area contributed by atoms with Gasteiger partial charge in [-0.05, 0) is 25.2 Å². The predicted molar refractivity (Wildman–Crippen MR) is 74.3 cm³/mol. The zero-order valence-corrected chi connectivity index (χ0v) is 11.5. The second-order valence-corrected chi connectivity index (χ2v) is 5.25. The Kier molecular flexibility index (Phi) is 6.54. The first-order valence-corrected chi connectivity index (χ1v) is 6.91. The van der Waals surface area contributed by atoms with E-state index in [1.165, 1.54) is 19.3 Å². The van der Waals surface area contributed by atoms with E-state index in [0.29, 0.717) is 12.5 Å². The van der Waals surface area contributed by atoms with E-state index in [9.17, 15) is 4.79 Å². The molecule has 1 rings (SSSR count). The molecule has 0 aromatic rings. The van der Waals surface area contributed by atoms with Crippen molar-refractivity contribution in [3.05, 3.63) is 0 Å². The molecule has 1 amide bonds. The van der Waals surface area contributed by atoms with E-state index in [-0.39, 0.29) is 11.8 Å². The Balaban J connectivity index is 1.97. The first-order chi connectivity index (χ1) is 8.59. The maximum atomic E-state index is 11.3. The van der Waals surface area contributed by atoms with Gasteiger partial charge in [-0.1, -0.05) is 20.3 Å². The number of aliphatic imine (C=N–C) groups is 1. The first kappa shape index (κ1) is 14.8. The van der Waals surface area contributed by atoms with Crippen LogP contribution in [0, 0.1) is 11.8 Å². The molecular formula is C13H26N4O. The predicted octanol–water partition coefficient (Wildman–Crippen LogP) is 0.853. The lowest BCUT2D eigenvalue weighted by Gasteiger charge is -2.23. The molecular weight excluding hydrogens is 228 g/mol. The molecule has 0 atom stereocenters. The van der Waals surface area contributed by atoms with E-state index < -0.39 is 0 Å². The third-order valence-electron chi connectivity index (χ3n) is 3.23. The van der Waals surface area contributed by atoms with Gasteiger partial charge in [0.25, 0.3) is 0 Å². The minimum absolute atomic E-state index is 0.0482. The van der Waals surface area contributed by atoms with Crippen molar-refractivity contribution in [2.24, 2.45) is 22.6 Å². The Hall–Kier alpha value is -1.26. The zero-order valence-electron chi connectivity index (χ0n) is 11.5. The lowest BCUT2D eigenvalue weighted by atomic mass is 9.86. The monoisotopic (exact) mass is 254 g/mol. The van der Waals surface area contributed by atoms with Gasteiger partial charge in [-0.3, -0.25) is 9.79 Å². The third kappa shape index (κ3) is 5.89. The summed E-state index contributed by atoms with van der Waals surface area (Å²) in [5.74, 6) is 1.42. The van der Waals surface area contributed by atoms with E-state index in [4.69, 9.17) is 5.73 Å². The molecule has 0 aromatic heterocycles. The lowest BCUT2D eigenvalue weighted by Crippen LogP contribution is -2.35. The second kappa shape index (κ2) is 7.95. The van der Waals surface area contributed by atoms with Crippen LogP contribution in [0.1, 0.15) is 39.5 Å². The Bertz CT molecular complexity index is 285. The fourth-order valence-electron chi connectivity index (χ4n) is 1.68. The summed E-state index contributed by atoms with van der Waals surface area (Å²) in [6.07, 6.45) is 4.78. The highest BCUT2D eigenvalue weighted by molar-refractivity contribution is 5.78. The minimum atomic E-state index is 0.0482. The van der Waals surface area contributed by atoms with Gasteiger partial charge in [0.05, 0.1) is 0 Å². The molecule has 104 valence electrons. The number of carbonyl (C=O) groups excluding carboxylic acids is 1. The Morgan fingerprint density at radius 1 is 1.33 bits per heavy atom. The molecule has 0 aromatic carbocycles. The molecule has 5 heteroatoms. The van der Waals surface area contributed by atoms with Crippen molar-refractivity contribution in [1.82, 2.24) is 10.6 Å². The second-order valence-electron chi connectivity index (χ2n) is 5.25. The summed E-state index contributed by atoms with van der Waals surface area (Å²) in [7, 11) is 0. The minimum Gasteiger partial charge on any atom is -0.370 e. The molecule has 0 unspecified atom stereocenters. The van der Waals surface area contributed by atoms with Gasteiger partial charge in [-0.2, -0.15) is 0 Å². The van der Waals surface area contributed by atoms with Crippen LogP contribution >= 0.6 is 0 Å². The van der Waals surface area contributed by atoms with E-state index in [2.05, 4.69) is 15.6 Å². The number of amides is 1. The van der Waals surface area contributed by atoms with Crippen molar-refractivity contribution in [2.75, 3.05) is 19.6 Å². The number of hydrogen-bond donors (Lipinski definition) is 3. The van der Waals surface area contributed by atoms with Gasteiger partial charge in [0.15, 0.2) is 5.96 Å². The molecule has 0 aliphatic heterocycles. The van der Waals surface area contributed by atoms with Gasteiger partial charge >= 0.3 is 0 Å². The van der Waals surface area contributed by atoms with E-state index >= 15 is 0 Å². The first-order valence-electron chi connectivity index (χ1n) is 6.91. The molecule has 0 bridgehead atoms. The molecule has 0 radical (unpaired) electrons. The average molecular weight is 254 g/mol. The van der Waals surface area contributed by atoms with Gasteiger partial charge in [0, 0.05) is 25.6 Å². The number of rotatable bonds is 7. The van der Waals surface area contributed by atoms with Crippen LogP contribution in [0.15, 0.2) is 4.99 Å². The van der Waals surface area contributed by atoms with Crippen LogP contribution in [0.25, 0.3) is 0 Å². The number of carbonyl (C=O) groups is 1. The van der Waals surface area contributed by atoms with E-state index in [0.717, 1.165) is 25.4 Å². The van der Waals surface area contributed by atoms with Crippen LogP contribution in [0.2, 0.25) is 0 Å². The van der Waals surface area contributed by atoms with Crippen molar-refractivity contribution >= 4 is 11.9 Å². The van der Waals surface area contributed by atoms with Gasteiger partial charge in [-0.15, -0.1) is 0 Å². The van der Waals surface area contributed by atoms with Crippen molar-refractivity contribution in [3.8, 4) is 0 Å². The molecule has 4 N–H and O–H groups in total. The van der Waals surface area contributed by atoms with Crippen LogP contribution < -0.4 is 16.4 Å². The third-order valence-corrected chi connectivity index (χ3v) is 3.23. The molecule has 0 spiro atoms. The highest BCUT2D eigenvalue weighted by atomic mass is 16.1. The van der Waals surface area contributed by atoms with Crippen LogP contribution in [0.5, 0.6) is 0 Å². The summed E-state index contributed by atoms with van der Waals surface area (Å²) in [6.45, 7) is 6.05. The van der Waals surface area contributed by atoms with E-state index in [1.807, 2.05) is 13.8 Å². The largest absolute Gasteiger partial charge is 0.370 e. The fourth-order valence-corrected chi connectivity index (χ4v) is 1.68. The highest BCUT2D eigenvalue weighted by Crippen LogP contribution is 2.26. The Morgan fingerprint density at radius 3 is 2.56 bits per heavy atom. The van der Waals surface area contributed by atoms with Crippen molar-refractivity contribution in [3.63, 3.8) is 0 Å². The standard InChI is InChI=1S/C13H26N4O/c1-10(2)12(18)15-7-4-8-16-13(14)17-9-11-5-3-6-11/h10-11H,3-9H2,1-2H3,(H,15,18)(H3,14,16,17). The molecule has 5 nitrogen and oxygen atoms in total. The SMILES string of the molecule is CC(C)C(=O)NCCCNC(N)=NCC1CCC1. The van der Waals surface area contributed by atoms with Crippen molar-refractivity contribution in [2.45, 2.75) is 39.5 Å². The molecule has 1 fully saturated rings. The van der Waals surface area contributed by atoms with Gasteiger partial charge in [0.1, 0.15) is 0 Å². The number of nitrogens with zero attached hydrogens (tertiary/aromatic N) is 1. The van der Waals surface area contributed by atoms with Crippen LogP contribution in [-0.4, -0.2) is 31.5 Å². The van der Waals surface area contributed by atoms with E-state index in [1.54, 1.807) is 0 Å². The molecule has 0 heterocycles. The smallest absolute Gasteiger partial charge is 0.222 e. The molecule has 1 saturated carbocycles. The number of nitrogens with one attached hydrogen (secondary N) is 2. The van der Waals surface area contributed by atoms with Crippen molar-refractivity contribution in [1.29, 1.82) is 0 Å². The summed E-state index contributed by atoms with van der Waals surface area (Å²) >= 11 is 0. The maximum absolute atomic E-state index is 11.3. The Morgan fingerprint density at radius 2 is 2.00 bits per heavy atom. The van der Waals surface area contributed by atoms with Crippen LogP contribution in [0.3, 0.4) is 0 Å². The maximum Gasteiger partial charge on any atom is 0.222 e. The topological polar surface area (TPSA) is 79.5 Å².